The van der Waals surface area contributed by atoms with Gasteiger partial charge in [0.2, 0.25) is 0 Å². The molecule has 0 aliphatic heterocycles. The van der Waals surface area contributed by atoms with Gasteiger partial charge in [-0.15, -0.1) is 0 Å². The molecular formula is C32H47NO3. The van der Waals surface area contributed by atoms with Crippen LogP contribution in [-0.2, 0) is 17.7 Å². The van der Waals surface area contributed by atoms with E-state index in [4.69, 9.17) is 14.2 Å². The second-order valence-corrected chi connectivity index (χ2v) is 11.5. The van der Waals surface area contributed by atoms with E-state index in [0.717, 1.165) is 74.9 Å². The lowest BCUT2D eigenvalue weighted by molar-refractivity contribution is -0.111. The number of unbranched alkanes of at least 4 members (excludes halogenated alkanes) is 1. The molecule has 4 nitrogen and oxygen atoms in total. The van der Waals surface area contributed by atoms with E-state index in [1.807, 2.05) is 6.07 Å². The van der Waals surface area contributed by atoms with Crippen LogP contribution in [0.25, 0.3) is 0 Å². The minimum atomic E-state index is 0.585. The third kappa shape index (κ3) is 6.83. The highest BCUT2D eigenvalue weighted by Gasteiger charge is 2.53. The summed E-state index contributed by atoms with van der Waals surface area (Å²) < 4.78 is 17.0. The van der Waals surface area contributed by atoms with Crippen LogP contribution in [0.1, 0.15) is 63.5 Å². The van der Waals surface area contributed by atoms with Crippen LogP contribution in [0.15, 0.2) is 48.5 Å². The first-order valence-corrected chi connectivity index (χ1v) is 14.1. The standard InChI is InChI=1S/C32H47NO3/c1-32(2)28-14-13-27(29(32)23-28)17-21-36-20-9-8-18-33(24-26-10-6-5-7-11-26)19-16-25-12-15-30(34-3)31(22-25)35-4/h5-7,10-12,15,22,27-29H,8-9,13-14,16-21,23-24H2,1-4H3/t27-,28-,29-/m0/s1. The molecule has 3 aliphatic carbocycles. The first kappa shape index (κ1) is 27.0. The molecule has 0 N–H and O–H groups in total. The topological polar surface area (TPSA) is 30.9 Å². The number of rotatable bonds is 15. The van der Waals surface area contributed by atoms with E-state index < -0.39 is 0 Å². The van der Waals surface area contributed by atoms with Gasteiger partial charge in [-0.05, 0) is 97.9 Å². The molecule has 36 heavy (non-hydrogen) atoms. The molecule has 3 atom stereocenters. The van der Waals surface area contributed by atoms with E-state index in [1.165, 1.54) is 43.2 Å². The van der Waals surface area contributed by atoms with Gasteiger partial charge in [-0.2, -0.15) is 0 Å². The number of methoxy groups -OCH3 is 2. The highest BCUT2D eigenvalue weighted by Crippen LogP contribution is 2.61. The fourth-order valence-electron chi connectivity index (χ4n) is 6.62. The van der Waals surface area contributed by atoms with Crippen LogP contribution >= 0.6 is 0 Å². The van der Waals surface area contributed by atoms with Gasteiger partial charge in [-0.1, -0.05) is 50.2 Å². The van der Waals surface area contributed by atoms with Gasteiger partial charge < -0.3 is 14.2 Å². The quantitative estimate of drug-likeness (QED) is 0.250. The highest BCUT2D eigenvalue weighted by molar-refractivity contribution is 5.43. The number of ether oxygens (including phenoxy) is 3. The highest BCUT2D eigenvalue weighted by atomic mass is 16.5. The Kier molecular flexibility index (Phi) is 9.73. The Morgan fingerprint density at radius 2 is 1.67 bits per heavy atom. The van der Waals surface area contributed by atoms with E-state index in [0.29, 0.717) is 5.41 Å². The minimum Gasteiger partial charge on any atom is -0.493 e. The van der Waals surface area contributed by atoms with Crippen molar-refractivity contribution in [1.82, 2.24) is 4.90 Å². The summed E-state index contributed by atoms with van der Waals surface area (Å²) in [6, 6.07) is 17.1. The summed E-state index contributed by atoms with van der Waals surface area (Å²) in [4.78, 5) is 2.57. The molecule has 0 amide bonds. The fourth-order valence-corrected chi connectivity index (χ4v) is 6.62. The molecule has 0 aromatic heterocycles. The number of fused-ring (bicyclic) bond motifs is 2. The molecule has 3 fully saturated rings. The van der Waals surface area contributed by atoms with Crippen molar-refractivity contribution in [3.63, 3.8) is 0 Å². The van der Waals surface area contributed by atoms with Crippen LogP contribution in [0.3, 0.4) is 0 Å². The van der Waals surface area contributed by atoms with Crippen LogP contribution in [0.4, 0.5) is 0 Å². The van der Waals surface area contributed by atoms with E-state index in [9.17, 15) is 0 Å². The molecule has 4 heteroatoms. The third-order valence-electron chi connectivity index (χ3n) is 9.06. The third-order valence-corrected chi connectivity index (χ3v) is 9.06. The maximum atomic E-state index is 6.10. The molecule has 0 spiro atoms. The lowest BCUT2D eigenvalue weighted by Crippen LogP contribution is -2.52. The van der Waals surface area contributed by atoms with Crippen molar-refractivity contribution >= 4 is 0 Å². The number of hydrogen-bond acceptors (Lipinski definition) is 4. The molecule has 0 saturated heterocycles. The van der Waals surface area contributed by atoms with Crippen LogP contribution < -0.4 is 9.47 Å². The van der Waals surface area contributed by atoms with Gasteiger partial charge in [0, 0.05) is 26.3 Å². The van der Waals surface area contributed by atoms with Crippen LogP contribution in [0, 0.1) is 23.2 Å². The van der Waals surface area contributed by atoms with E-state index in [-0.39, 0.29) is 0 Å². The number of hydrogen-bond donors (Lipinski definition) is 0. The van der Waals surface area contributed by atoms with Crippen molar-refractivity contribution in [2.24, 2.45) is 23.2 Å². The largest absolute Gasteiger partial charge is 0.493 e. The summed E-state index contributed by atoms with van der Waals surface area (Å²) in [5, 5.41) is 0. The van der Waals surface area contributed by atoms with Crippen molar-refractivity contribution in [3.8, 4) is 11.5 Å². The van der Waals surface area contributed by atoms with Gasteiger partial charge in [0.25, 0.3) is 0 Å². The predicted molar refractivity (Wildman–Crippen MR) is 148 cm³/mol. The SMILES string of the molecule is COc1ccc(CCN(CCCCOCC[C@@H]2CC[C@H]3C[C@@H]2C3(C)C)Cc2ccccc2)cc1OC. The maximum Gasteiger partial charge on any atom is 0.160 e. The van der Waals surface area contributed by atoms with E-state index in [1.54, 1.807) is 14.2 Å². The van der Waals surface area contributed by atoms with Gasteiger partial charge in [0.15, 0.2) is 11.5 Å². The molecule has 3 aliphatic rings. The first-order valence-electron chi connectivity index (χ1n) is 14.1. The molecule has 0 heterocycles. The van der Waals surface area contributed by atoms with Crippen molar-refractivity contribution in [3.05, 3.63) is 59.7 Å². The second-order valence-electron chi connectivity index (χ2n) is 11.5. The molecule has 2 aromatic carbocycles. The molecule has 0 radical (unpaired) electrons. The van der Waals surface area contributed by atoms with E-state index >= 15 is 0 Å². The fraction of sp³-hybridized carbons (Fsp3) is 0.625. The average molecular weight is 494 g/mol. The van der Waals surface area contributed by atoms with Crippen LogP contribution in [0.5, 0.6) is 11.5 Å². The summed E-state index contributed by atoms with van der Waals surface area (Å²) in [5.41, 5.74) is 3.23. The Morgan fingerprint density at radius 3 is 2.39 bits per heavy atom. The van der Waals surface area contributed by atoms with Crippen molar-refractivity contribution in [2.45, 2.75) is 65.3 Å². The monoisotopic (exact) mass is 493 g/mol. The summed E-state index contributed by atoms with van der Waals surface area (Å²) in [6.07, 6.45) is 8.88. The second kappa shape index (κ2) is 13.0. The Hall–Kier alpha value is -2.04. The van der Waals surface area contributed by atoms with Crippen molar-refractivity contribution in [1.29, 1.82) is 0 Å². The van der Waals surface area contributed by atoms with Gasteiger partial charge in [-0.25, -0.2) is 0 Å². The summed E-state index contributed by atoms with van der Waals surface area (Å²) >= 11 is 0. The Morgan fingerprint density at radius 1 is 0.861 bits per heavy atom. The zero-order valence-corrected chi connectivity index (χ0v) is 23.0. The molecule has 3 saturated carbocycles. The van der Waals surface area contributed by atoms with Gasteiger partial charge in [0.05, 0.1) is 14.2 Å². The maximum absolute atomic E-state index is 6.10. The smallest absolute Gasteiger partial charge is 0.160 e. The molecule has 198 valence electrons. The van der Waals surface area contributed by atoms with Crippen molar-refractivity contribution in [2.75, 3.05) is 40.5 Å². The molecule has 5 rings (SSSR count). The Labute approximate surface area is 219 Å². The van der Waals surface area contributed by atoms with Gasteiger partial charge in [-0.3, -0.25) is 4.90 Å². The zero-order chi connectivity index (χ0) is 25.4. The molecule has 2 bridgehead atoms. The average Bonchev–Trinajstić information content (AvgIpc) is 2.91. The number of nitrogens with zero attached hydrogens (tertiary/aromatic N) is 1. The Balaban J connectivity index is 1.18. The molecular weight excluding hydrogens is 446 g/mol. The van der Waals surface area contributed by atoms with E-state index in [2.05, 4.69) is 61.2 Å². The zero-order valence-electron chi connectivity index (χ0n) is 23.0. The molecule has 2 aromatic rings. The van der Waals surface area contributed by atoms with Crippen molar-refractivity contribution < 1.29 is 14.2 Å². The van der Waals surface area contributed by atoms with Gasteiger partial charge in [0.1, 0.15) is 0 Å². The lowest BCUT2D eigenvalue weighted by Gasteiger charge is -2.60. The minimum absolute atomic E-state index is 0.585. The molecule has 0 unspecified atom stereocenters. The van der Waals surface area contributed by atoms with Crippen LogP contribution in [0.2, 0.25) is 0 Å². The summed E-state index contributed by atoms with van der Waals surface area (Å²) in [5.74, 6) is 4.41. The first-order chi connectivity index (χ1) is 17.5. The van der Waals surface area contributed by atoms with Gasteiger partial charge >= 0.3 is 0 Å². The normalized spacial score (nSPS) is 22.3. The lowest BCUT2D eigenvalue weighted by atomic mass is 9.45. The predicted octanol–water partition coefficient (Wildman–Crippen LogP) is 7.01. The van der Waals surface area contributed by atoms with Crippen LogP contribution in [-0.4, -0.2) is 45.4 Å². The summed E-state index contributed by atoms with van der Waals surface area (Å²) in [7, 11) is 3.38. The summed E-state index contributed by atoms with van der Waals surface area (Å²) in [6.45, 7) is 9.90. The Bertz CT molecular complexity index is 926. The number of benzene rings is 2.